The quantitative estimate of drug-likeness (QED) is 0.700. The van der Waals surface area contributed by atoms with Gasteiger partial charge < -0.3 is 15.1 Å². The van der Waals surface area contributed by atoms with Crippen LogP contribution in [0.1, 0.15) is 19.8 Å². The molecule has 154 valence electrons. The van der Waals surface area contributed by atoms with E-state index in [1.165, 1.54) is 0 Å². The van der Waals surface area contributed by atoms with E-state index in [0.29, 0.717) is 11.8 Å². The molecule has 0 saturated carbocycles. The van der Waals surface area contributed by atoms with E-state index in [1.807, 2.05) is 59.3 Å². The number of benzene rings is 1. The molecule has 8 heteroatoms. The fourth-order valence-corrected chi connectivity index (χ4v) is 3.51. The van der Waals surface area contributed by atoms with Crippen molar-refractivity contribution in [2.75, 3.05) is 30.4 Å². The van der Waals surface area contributed by atoms with Crippen LogP contribution in [0, 0.1) is 0 Å². The van der Waals surface area contributed by atoms with Gasteiger partial charge in [-0.15, -0.1) is 0 Å². The predicted octanol–water partition coefficient (Wildman–Crippen LogP) is 3.12. The largest absolute Gasteiger partial charge is 0.351 e. The Balaban J connectivity index is 1.47. The summed E-state index contributed by atoms with van der Waals surface area (Å²) in [4.78, 5) is 33.4. The van der Waals surface area contributed by atoms with Crippen LogP contribution in [0.25, 0.3) is 11.4 Å². The Kier molecular flexibility index (Phi) is 5.83. The monoisotopic (exact) mass is 403 g/mol. The zero-order valence-electron chi connectivity index (χ0n) is 17.2. The minimum Gasteiger partial charge on any atom is -0.351 e. The van der Waals surface area contributed by atoms with E-state index in [2.05, 4.69) is 25.3 Å². The fraction of sp³-hybridized carbons (Fsp3) is 0.318. The number of carbonyl (C=O) groups excluding carboxylic acids is 1. The highest BCUT2D eigenvalue weighted by molar-refractivity contribution is 5.73. The van der Waals surface area contributed by atoms with Gasteiger partial charge in [-0.1, -0.05) is 30.3 Å². The van der Waals surface area contributed by atoms with Gasteiger partial charge in [-0.05, 0) is 25.0 Å². The first-order chi connectivity index (χ1) is 14.6. The Morgan fingerprint density at radius 1 is 1.00 bits per heavy atom. The van der Waals surface area contributed by atoms with Crippen molar-refractivity contribution < 1.29 is 4.79 Å². The summed E-state index contributed by atoms with van der Waals surface area (Å²) in [6.45, 7) is 3.14. The van der Waals surface area contributed by atoms with Crippen molar-refractivity contribution in [1.29, 1.82) is 0 Å². The second kappa shape index (κ2) is 8.86. The first-order valence-corrected chi connectivity index (χ1v) is 10.1. The van der Waals surface area contributed by atoms with Crippen LogP contribution in [0.15, 0.2) is 54.9 Å². The van der Waals surface area contributed by atoms with Crippen LogP contribution in [0.3, 0.4) is 0 Å². The lowest BCUT2D eigenvalue weighted by Crippen LogP contribution is -2.41. The fourth-order valence-electron chi connectivity index (χ4n) is 3.51. The van der Waals surface area contributed by atoms with Crippen molar-refractivity contribution in [3.63, 3.8) is 0 Å². The van der Waals surface area contributed by atoms with Gasteiger partial charge in [0.05, 0.1) is 0 Å². The number of amides is 1. The second-order valence-corrected chi connectivity index (χ2v) is 7.33. The molecule has 0 unspecified atom stereocenters. The van der Waals surface area contributed by atoms with Crippen LogP contribution in [0.5, 0.6) is 0 Å². The third kappa shape index (κ3) is 4.53. The molecule has 30 heavy (non-hydrogen) atoms. The lowest BCUT2D eigenvalue weighted by atomic mass is 10.1. The van der Waals surface area contributed by atoms with Crippen molar-refractivity contribution in [3.05, 3.63) is 54.9 Å². The molecule has 4 rings (SSSR count). The normalized spacial score (nSPS) is 14.4. The number of anilines is 3. The molecular formula is C22H25N7O. The number of rotatable bonds is 5. The zero-order valence-corrected chi connectivity index (χ0v) is 17.2. The molecule has 1 aromatic carbocycles. The van der Waals surface area contributed by atoms with E-state index in [9.17, 15) is 4.79 Å². The molecule has 0 bridgehead atoms. The molecule has 0 atom stereocenters. The van der Waals surface area contributed by atoms with Crippen LogP contribution in [-0.4, -0.2) is 56.9 Å². The number of hydrogen-bond acceptors (Lipinski definition) is 7. The average Bonchev–Trinajstić information content (AvgIpc) is 2.80. The van der Waals surface area contributed by atoms with Crippen LogP contribution in [0.2, 0.25) is 0 Å². The SMILES string of the molecule is CC(=O)N1CCC(Nc2nccc(N(C)c3ccnc(-c4ccccc4)n3)n2)CC1. The molecule has 1 aliphatic heterocycles. The van der Waals surface area contributed by atoms with Crippen LogP contribution < -0.4 is 10.2 Å². The summed E-state index contributed by atoms with van der Waals surface area (Å²) in [7, 11) is 1.93. The van der Waals surface area contributed by atoms with Crippen molar-refractivity contribution >= 4 is 23.5 Å². The van der Waals surface area contributed by atoms with Gasteiger partial charge in [0.1, 0.15) is 11.6 Å². The lowest BCUT2D eigenvalue weighted by molar-refractivity contribution is -0.129. The molecule has 3 aromatic rings. The van der Waals surface area contributed by atoms with Gasteiger partial charge in [-0.3, -0.25) is 4.79 Å². The molecule has 1 fully saturated rings. The van der Waals surface area contributed by atoms with Crippen molar-refractivity contribution in [3.8, 4) is 11.4 Å². The molecule has 8 nitrogen and oxygen atoms in total. The van der Waals surface area contributed by atoms with E-state index >= 15 is 0 Å². The zero-order chi connectivity index (χ0) is 20.9. The van der Waals surface area contributed by atoms with Crippen molar-refractivity contribution in [2.24, 2.45) is 0 Å². The molecule has 1 saturated heterocycles. The third-order valence-electron chi connectivity index (χ3n) is 5.27. The number of nitrogens with zero attached hydrogens (tertiary/aromatic N) is 6. The molecular weight excluding hydrogens is 378 g/mol. The van der Waals surface area contributed by atoms with Crippen molar-refractivity contribution in [1.82, 2.24) is 24.8 Å². The van der Waals surface area contributed by atoms with Gasteiger partial charge in [0.2, 0.25) is 11.9 Å². The average molecular weight is 403 g/mol. The van der Waals surface area contributed by atoms with Gasteiger partial charge in [-0.2, -0.15) is 4.98 Å². The molecule has 0 aliphatic carbocycles. The molecule has 1 amide bonds. The Bertz CT molecular complexity index is 1000. The highest BCUT2D eigenvalue weighted by Crippen LogP contribution is 2.23. The molecule has 1 aliphatic rings. The summed E-state index contributed by atoms with van der Waals surface area (Å²) in [5.74, 6) is 2.88. The topological polar surface area (TPSA) is 87.1 Å². The number of piperidine rings is 1. The Morgan fingerprint density at radius 2 is 1.67 bits per heavy atom. The minimum absolute atomic E-state index is 0.132. The minimum atomic E-state index is 0.132. The maximum atomic E-state index is 11.5. The summed E-state index contributed by atoms with van der Waals surface area (Å²) in [5, 5.41) is 3.40. The van der Waals surface area contributed by atoms with Gasteiger partial charge in [0, 0.05) is 51.1 Å². The van der Waals surface area contributed by atoms with E-state index in [-0.39, 0.29) is 11.9 Å². The van der Waals surface area contributed by atoms with E-state index in [0.717, 1.165) is 43.1 Å². The van der Waals surface area contributed by atoms with Gasteiger partial charge in [0.25, 0.3) is 0 Å². The van der Waals surface area contributed by atoms with Crippen LogP contribution in [0.4, 0.5) is 17.6 Å². The Morgan fingerprint density at radius 3 is 2.37 bits per heavy atom. The molecule has 0 radical (unpaired) electrons. The smallest absolute Gasteiger partial charge is 0.224 e. The predicted molar refractivity (Wildman–Crippen MR) is 116 cm³/mol. The van der Waals surface area contributed by atoms with E-state index < -0.39 is 0 Å². The summed E-state index contributed by atoms with van der Waals surface area (Å²) < 4.78 is 0. The first-order valence-electron chi connectivity index (χ1n) is 10.1. The summed E-state index contributed by atoms with van der Waals surface area (Å²) in [6, 6.07) is 13.9. The molecule has 3 heterocycles. The summed E-state index contributed by atoms with van der Waals surface area (Å²) in [6.07, 6.45) is 5.26. The number of nitrogens with one attached hydrogen (secondary N) is 1. The molecule has 1 N–H and O–H groups in total. The lowest BCUT2D eigenvalue weighted by Gasteiger charge is -2.31. The molecule has 2 aromatic heterocycles. The standard InChI is InChI=1S/C22H25N7O/c1-16(30)29-14-10-18(11-15-29)25-22-24-13-9-20(27-22)28(2)19-8-12-23-21(26-19)17-6-4-3-5-7-17/h3-9,12-13,18H,10-11,14-15H2,1-2H3,(H,24,25,27). The number of hydrogen-bond donors (Lipinski definition) is 1. The summed E-state index contributed by atoms with van der Waals surface area (Å²) in [5.41, 5.74) is 0.967. The maximum Gasteiger partial charge on any atom is 0.224 e. The maximum absolute atomic E-state index is 11.5. The highest BCUT2D eigenvalue weighted by atomic mass is 16.2. The summed E-state index contributed by atoms with van der Waals surface area (Å²) >= 11 is 0. The van der Waals surface area contributed by atoms with Gasteiger partial charge in [0.15, 0.2) is 5.82 Å². The third-order valence-corrected chi connectivity index (χ3v) is 5.27. The highest BCUT2D eigenvalue weighted by Gasteiger charge is 2.21. The Labute approximate surface area is 176 Å². The molecule has 0 spiro atoms. The second-order valence-electron chi connectivity index (χ2n) is 7.33. The number of aromatic nitrogens is 4. The van der Waals surface area contributed by atoms with Crippen molar-refractivity contribution in [2.45, 2.75) is 25.8 Å². The first kappa shape index (κ1) is 19.8. The van der Waals surface area contributed by atoms with Gasteiger partial charge >= 0.3 is 0 Å². The van der Waals surface area contributed by atoms with E-state index in [1.54, 1.807) is 19.3 Å². The van der Waals surface area contributed by atoms with Crippen LogP contribution >= 0.6 is 0 Å². The Hall–Kier alpha value is -3.55. The number of likely N-dealkylation sites (tertiary alicyclic amines) is 1. The van der Waals surface area contributed by atoms with Crippen LogP contribution in [-0.2, 0) is 4.79 Å². The van der Waals surface area contributed by atoms with Gasteiger partial charge in [-0.25, -0.2) is 15.0 Å². The van der Waals surface area contributed by atoms with E-state index in [4.69, 9.17) is 0 Å². The number of carbonyl (C=O) groups is 1.